The second kappa shape index (κ2) is 2.59. The summed E-state index contributed by atoms with van der Waals surface area (Å²) in [6.07, 6.45) is 4.00. The standard InChI is InChI=1S/C18H18FNO/c19-10-3-1-9(2-4-10)7-20-15-12-5-16-8-17(12)6-11(16)13(14(15)16)18(17,20)21/h1-4,11-15,21H,5-8H2. The molecule has 3 heteroatoms. The summed E-state index contributed by atoms with van der Waals surface area (Å²) >= 11 is 0. The monoisotopic (exact) mass is 283 g/mol. The van der Waals surface area contributed by atoms with Gasteiger partial charge in [-0.1, -0.05) is 12.1 Å². The average Bonchev–Trinajstić information content (AvgIpc) is 3.12. The van der Waals surface area contributed by atoms with Crippen molar-refractivity contribution in [2.24, 2.45) is 34.5 Å². The van der Waals surface area contributed by atoms with Crippen LogP contribution in [0.1, 0.15) is 24.8 Å². The maximum atomic E-state index is 13.1. The van der Waals surface area contributed by atoms with Crippen LogP contribution in [0, 0.1) is 40.3 Å². The summed E-state index contributed by atoms with van der Waals surface area (Å²) in [4.78, 5) is 2.45. The molecule has 8 atom stereocenters. The van der Waals surface area contributed by atoms with Crippen LogP contribution in [0.2, 0.25) is 0 Å². The van der Waals surface area contributed by atoms with Crippen LogP contribution in [0.25, 0.3) is 0 Å². The molecule has 108 valence electrons. The predicted molar refractivity (Wildman–Crippen MR) is 73.4 cm³/mol. The number of hydrogen-bond acceptors (Lipinski definition) is 2. The minimum absolute atomic E-state index is 0.175. The highest BCUT2D eigenvalue weighted by molar-refractivity contribution is 5.48. The van der Waals surface area contributed by atoms with Gasteiger partial charge >= 0.3 is 0 Å². The van der Waals surface area contributed by atoms with E-state index in [0.717, 1.165) is 29.9 Å². The van der Waals surface area contributed by atoms with Crippen molar-refractivity contribution in [1.29, 1.82) is 0 Å². The van der Waals surface area contributed by atoms with Gasteiger partial charge in [-0.15, -0.1) is 0 Å². The zero-order chi connectivity index (χ0) is 13.8. The van der Waals surface area contributed by atoms with E-state index in [1.54, 1.807) is 12.1 Å². The van der Waals surface area contributed by atoms with Gasteiger partial charge in [0.1, 0.15) is 11.5 Å². The number of hydrogen-bond donors (Lipinski definition) is 1. The third-order valence-corrected chi connectivity index (χ3v) is 8.80. The van der Waals surface area contributed by atoms with E-state index in [-0.39, 0.29) is 11.2 Å². The summed E-state index contributed by atoms with van der Waals surface area (Å²) in [5.74, 6) is 2.75. The van der Waals surface area contributed by atoms with Gasteiger partial charge in [-0.25, -0.2) is 4.39 Å². The summed E-state index contributed by atoms with van der Waals surface area (Å²) in [5, 5.41) is 11.7. The molecule has 7 aliphatic rings. The SMILES string of the molecule is OC12C3C4CC15CC41CC5C(C31)N2Cc1ccc(F)cc1. The zero-order valence-corrected chi connectivity index (χ0v) is 11.8. The summed E-state index contributed by atoms with van der Waals surface area (Å²) in [6, 6.07) is 7.48. The van der Waals surface area contributed by atoms with Gasteiger partial charge in [-0.3, -0.25) is 4.90 Å². The van der Waals surface area contributed by atoms with Gasteiger partial charge < -0.3 is 5.11 Å². The lowest BCUT2D eigenvalue weighted by Crippen LogP contribution is -2.64. The molecule has 21 heavy (non-hydrogen) atoms. The molecular formula is C18H18FNO. The van der Waals surface area contributed by atoms with E-state index in [2.05, 4.69) is 4.90 Å². The van der Waals surface area contributed by atoms with Crippen LogP contribution in [0.4, 0.5) is 4.39 Å². The minimum Gasteiger partial charge on any atom is -0.375 e. The van der Waals surface area contributed by atoms with E-state index < -0.39 is 5.72 Å². The fourth-order valence-electron chi connectivity index (χ4n) is 8.77. The Labute approximate surface area is 122 Å². The Kier molecular flexibility index (Phi) is 1.32. The van der Waals surface area contributed by atoms with Crippen molar-refractivity contribution in [3.05, 3.63) is 35.6 Å². The van der Waals surface area contributed by atoms with Crippen LogP contribution in [0.15, 0.2) is 24.3 Å². The second-order valence-electron chi connectivity index (χ2n) is 8.71. The van der Waals surface area contributed by atoms with Gasteiger partial charge in [0, 0.05) is 23.9 Å². The van der Waals surface area contributed by atoms with Crippen molar-refractivity contribution in [2.45, 2.75) is 37.6 Å². The van der Waals surface area contributed by atoms with Crippen molar-refractivity contribution in [2.75, 3.05) is 0 Å². The second-order valence-corrected chi connectivity index (χ2v) is 8.71. The molecule has 2 aliphatic heterocycles. The van der Waals surface area contributed by atoms with E-state index in [1.807, 2.05) is 12.1 Å². The van der Waals surface area contributed by atoms with Gasteiger partial charge in [-0.05, 0) is 60.1 Å². The molecule has 8 unspecified atom stereocenters. The van der Waals surface area contributed by atoms with Crippen molar-refractivity contribution in [1.82, 2.24) is 4.90 Å². The maximum Gasteiger partial charge on any atom is 0.128 e. The Balaban J connectivity index is 1.37. The Morgan fingerprint density at radius 3 is 2.76 bits per heavy atom. The Morgan fingerprint density at radius 2 is 1.95 bits per heavy atom. The van der Waals surface area contributed by atoms with Crippen molar-refractivity contribution < 1.29 is 9.50 Å². The first-order chi connectivity index (χ1) is 10.1. The lowest BCUT2D eigenvalue weighted by molar-refractivity contribution is -0.224. The molecule has 5 saturated carbocycles. The number of nitrogens with zero attached hydrogens (tertiary/aromatic N) is 1. The summed E-state index contributed by atoms with van der Waals surface area (Å²) in [5.41, 5.74) is 1.50. The molecule has 2 nitrogen and oxygen atoms in total. The first kappa shape index (κ1) is 10.7. The fraction of sp³-hybridized carbons (Fsp3) is 0.667. The zero-order valence-electron chi connectivity index (χ0n) is 11.8. The van der Waals surface area contributed by atoms with Crippen LogP contribution >= 0.6 is 0 Å². The fourth-order valence-corrected chi connectivity index (χ4v) is 8.77. The van der Waals surface area contributed by atoms with Gasteiger partial charge in [0.2, 0.25) is 0 Å². The van der Waals surface area contributed by atoms with Crippen molar-refractivity contribution in [3.8, 4) is 0 Å². The highest BCUT2D eigenvalue weighted by atomic mass is 19.1. The maximum absolute atomic E-state index is 13.1. The molecule has 8 rings (SSSR count). The summed E-state index contributed by atoms with van der Waals surface area (Å²) in [6.45, 7) is 0.801. The first-order valence-electron chi connectivity index (χ1n) is 8.35. The Morgan fingerprint density at radius 1 is 1.14 bits per heavy atom. The molecule has 2 saturated heterocycles. The first-order valence-corrected chi connectivity index (χ1v) is 8.35. The van der Waals surface area contributed by atoms with Crippen LogP contribution in [0.5, 0.6) is 0 Å². The highest BCUT2D eigenvalue weighted by Gasteiger charge is 3.00. The van der Waals surface area contributed by atoms with Gasteiger partial charge in [0.25, 0.3) is 0 Å². The van der Waals surface area contributed by atoms with Crippen LogP contribution < -0.4 is 0 Å². The van der Waals surface area contributed by atoms with Crippen molar-refractivity contribution in [3.63, 3.8) is 0 Å². The molecular weight excluding hydrogens is 265 g/mol. The molecule has 6 bridgehead atoms. The third-order valence-electron chi connectivity index (χ3n) is 8.80. The van der Waals surface area contributed by atoms with Crippen LogP contribution in [-0.4, -0.2) is 21.8 Å². The molecule has 5 aliphatic carbocycles. The predicted octanol–water partition coefficient (Wildman–Crippen LogP) is 2.37. The summed E-state index contributed by atoms with van der Waals surface area (Å²) < 4.78 is 13.1. The topological polar surface area (TPSA) is 23.5 Å². The molecule has 7 fully saturated rings. The van der Waals surface area contributed by atoms with E-state index in [0.29, 0.717) is 17.4 Å². The quantitative estimate of drug-likeness (QED) is 0.901. The van der Waals surface area contributed by atoms with Crippen LogP contribution in [0.3, 0.4) is 0 Å². The van der Waals surface area contributed by atoms with Gasteiger partial charge in [0.15, 0.2) is 0 Å². The molecule has 2 heterocycles. The Hall–Kier alpha value is -0.930. The number of halogens is 1. The van der Waals surface area contributed by atoms with E-state index >= 15 is 0 Å². The van der Waals surface area contributed by atoms with E-state index in [1.165, 1.54) is 19.3 Å². The molecule has 1 aromatic carbocycles. The average molecular weight is 283 g/mol. The van der Waals surface area contributed by atoms with Crippen molar-refractivity contribution >= 4 is 0 Å². The minimum atomic E-state index is -0.524. The van der Waals surface area contributed by atoms with Crippen LogP contribution in [-0.2, 0) is 6.54 Å². The van der Waals surface area contributed by atoms with E-state index in [4.69, 9.17) is 0 Å². The molecule has 0 aromatic heterocycles. The number of rotatable bonds is 2. The number of aliphatic hydroxyl groups is 1. The lowest BCUT2D eigenvalue weighted by atomic mass is 9.44. The van der Waals surface area contributed by atoms with Gasteiger partial charge in [-0.2, -0.15) is 0 Å². The molecule has 0 radical (unpaired) electrons. The molecule has 1 aromatic rings. The lowest BCUT2D eigenvalue weighted by Gasteiger charge is -2.60. The largest absolute Gasteiger partial charge is 0.375 e. The molecule has 2 spiro atoms. The highest BCUT2D eigenvalue weighted by Crippen LogP contribution is 2.98. The normalized spacial score (nSPS) is 63.2. The molecule has 1 N–H and O–H groups in total. The van der Waals surface area contributed by atoms with E-state index in [9.17, 15) is 9.50 Å². The third kappa shape index (κ3) is 0.716. The number of benzene rings is 1. The Bertz CT molecular complexity index is 716. The van der Waals surface area contributed by atoms with Gasteiger partial charge in [0.05, 0.1) is 0 Å². The summed E-state index contributed by atoms with van der Waals surface area (Å²) in [7, 11) is 0. The molecule has 0 amide bonds. The smallest absolute Gasteiger partial charge is 0.128 e.